The van der Waals surface area contributed by atoms with Gasteiger partial charge in [0.2, 0.25) is 0 Å². The monoisotopic (exact) mass is 271 g/mol. The highest BCUT2D eigenvalue weighted by Gasteiger charge is 2.40. The molecule has 2 aromatic heterocycles. The van der Waals surface area contributed by atoms with Crippen LogP contribution in [-0.2, 0) is 11.2 Å². The van der Waals surface area contributed by atoms with Crippen molar-refractivity contribution < 1.29 is 4.74 Å². The zero-order valence-electron chi connectivity index (χ0n) is 11.7. The number of nitrogens with one attached hydrogen (secondary N) is 2. The first-order valence-electron chi connectivity index (χ1n) is 7.61. The molecule has 0 amide bonds. The average Bonchev–Trinajstić information content (AvgIpc) is 3.07. The molecule has 0 bridgehead atoms. The Kier molecular flexibility index (Phi) is 3.00. The van der Waals surface area contributed by atoms with E-state index in [1.807, 2.05) is 6.20 Å². The number of hydrogen-bond donors (Lipinski definition) is 2. The van der Waals surface area contributed by atoms with Gasteiger partial charge < -0.3 is 15.0 Å². The molecule has 2 N–H and O–H groups in total. The fraction of sp³-hybridized carbons (Fsp3) is 0.562. The summed E-state index contributed by atoms with van der Waals surface area (Å²) in [5, 5.41) is 4.61. The molecule has 0 aliphatic carbocycles. The van der Waals surface area contributed by atoms with Crippen LogP contribution in [0.25, 0.3) is 11.0 Å². The molecule has 1 atom stereocenters. The van der Waals surface area contributed by atoms with Crippen molar-refractivity contribution >= 4 is 11.0 Å². The largest absolute Gasteiger partial charge is 0.375 e. The van der Waals surface area contributed by atoms with E-state index in [1.54, 1.807) is 0 Å². The first kappa shape index (κ1) is 12.4. The second kappa shape index (κ2) is 4.86. The normalized spacial score (nSPS) is 25.5. The van der Waals surface area contributed by atoms with E-state index < -0.39 is 0 Å². The molecule has 2 aromatic rings. The van der Waals surface area contributed by atoms with Crippen molar-refractivity contribution in [3.05, 3.63) is 30.1 Å². The molecule has 4 rings (SSSR count). The van der Waals surface area contributed by atoms with Gasteiger partial charge in [0.15, 0.2) is 0 Å². The topological polar surface area (TPSA) is 49.9 Å². The van der Waals surface area contributed by atoms with Gasteiger partial charge in [-0.05, 0) is 62.9 Å². The zero-order chi connectivity index (χ0) is 13.4. The maximum atomic E-state index is 6.16. The van der Waals surface area contributed by atoms with Crippen molar-refractivity contribution in [1.29, 1.82) is 0 Å². The molecule has 2 saturated heterocycles. The quantitative estimate of drug-likeness (QED) is 0.881. The van der Waals surface area contributed by atoms with Gasteiger partial charge in [0.25, 0.3) is 0 Å². The molecule has 2 aliphatic rings. The fourth-order valence-electron chi connectivity index (χ4n) is 3.68. The van der Waals surface area contributed by atoms with E-state index >= 15 is 0 Å². The highest BCUT2D eigenvalue weighted by Crippen LogP contribution is 2.38. The third kappa shape index (κ3) is 2.23. The van der Waals surface area contributed by atoms with Crippen LogP contribution in [0.1, 0.15) is 25.0 Å². The summed E-state index contributed by atoms with van der Waals surface area (Å²) in [6.07, 6.45) is 6.49. The van der Waals surface area contributed by atoms with Crippen LogP contribution >= 0.6 is 0 Å². The van der Waals surface area contributed by atoms with Gasteiger partial charge in [0, 0.05) is 17.3 Å². The van der Waals surface area contributed by atoms with Crippen molar-refractivity contribution in [2.45, 2.75) is 31.3 Å². The number of nitrogens with zero attached hydrogens (tertiary/aromatic N) is 1. The van der Waals surface area contributed by atoms with Gasteiger partial charge in [0.1, 0.15) is 5.65 Å². The summed E-state index contributed by atoms with van der Waals surface area (Å²) in [7, 11) is 0. The lowest BCUT2D eigenvalue weighted by molar-refractivity contribution is -0.0196. The number of aromatic nitrogens is 2. The van der Waals surface area contributed by atoms with Gasteiger partial charge in [0.05, 0.1) is 12.2 Å². The van der Waals surface area contributed by atoms with E-state index in [2.05, 4.69) is 28.5 Å². The second-order valence-electron chi connectivity index (χ2n) is 6.24. The third-order valence-corrected chi connectivity index (χ3v) is 4.77. The maximum Gasteiger partial charge on any atom is 0.137 e. The summed E-state index contributed by atoms with van der Waals surface area (Å²) in [5.41, 5.74) is 2.34. The summed E-state index contributed by atoms with van der Waals surface area (Å²) in [5.74, 6) is 0.619. The lowest BCUT2D eigenvalue weighted by atomic mass is 9.85. The van der Waals surface area contributed by atoms with Crippen molar-refractivity contribution in [2.24, 2.45) is 5.92 Å². The van der Waals surface area contributed by atoms with E-state index in [4.69, 9.17) is 9.72 Å². The molecule has 4 heteroatoms. The molecule has 1 unspecified atom stereocenters. The van der Waals surface area contributed by atoms with Crippen molar-refractivity contribution in [3.63, 3.8) is 0 Å². The van der Waals surface area contributed by atoms with Gasteiger partial charge >= 0.3 is 0 Å². The first-order chi connectivity index (χ1) is 9.83. The minimum atomic E-state index is 0.159. The molecule has 20 heavy (non-hydrogen) atoms. The minimum absolute atomic E-state index is 0.159. The second-order valence-corrected chi connectivity index (χ2v) is 6.24. The molecule has 0 aromatic carbocycles. The number of ether oxygens (including phenoxy) is 1. The number of fused-ring (bicyclic) bond motifs is 1. The minimum Gasteiger partial charge on any atom is -0.375 e. The van der Waals surface area contributed by atoms with E-state index in [1.165, 1.54) is 17.5 Å². The average molecular weight is 271 g/mol. The highest BCUT2D eigenvalue weighted by atomic mass is 16.5. The summed E-state index contributed by atoms with van der Waals surface area (Å²) in [6.45, 7) is 3.09. The molecule has 106 valence electrons. The maximum absolute atomic E-state index is 6.16. The van der Waals surface area contributed by atoms with Gasteiger partial charge in [-0.15, -0.1) is 0 Å². The van der Waals surface area contributed by atoms with Crippen LogP contribution in [-0.4, -0.2) is 35.3 Å². The predicted molar refractivity (Wildman–Crippen MR) is 78.7 cm³/mol. The molecular formula is C16H21N3O. The van der Waals surface area contributed by atoms with E-state index in [9.17, 15) is 0 Å². The van der Waals surface area contributed by atoms with Gasteiger partial charge in [-0.2, -0.15) is 0 Å². The lowest BCUT2D eigenvalue weighted by Crippen LogP contribution is -2.41. The molecule has 1 spiro atoms. The molecule has 0 saturated carbocycles. The van der Waals surface area contributed by atoms with Crippen LogP contribution in [0, 0.1) is 5.92 Å². The number of piperidine rings is 1. The van der Waals surface area contributed by atoms with Gasteiger partial charge in [-0.3, -0.25) is 0 Å². The molecule has 4 nitrogen and oxygen atoms in total. The van der Waals surface area contributed by atoms with Crippen LogP contribution in [0.4, 0.5) is 0 Å². The predicted octanol–water partition coefficient (Wildman–Crippen LogP) is 2.26. The van der Waals surface area contributed by atoms with Crippen LogP contribution in [0.5, 0.6) is 0 Å². The highest BCUT2D eigenvalue weighted by molar-refractivity contribution is 5.75. The Morgan fingerprint density at radius 3 is 3.05 bits per heavy atom. The Balaban J connectivity index is 1.46. The molecule has 0 radical (unpaired) electrons. The molecular weight excluding hydrogens is 250 g/mol. The standard InChI is InChI=1S/C16H21N3O/c1-2-14(19-15-13(1)3-6-18-15)9-12-10-16(20-11-12)4-7-17-8-5-16/h1-3,6,12,17H,4-5,7-11H2,(H,18,19). The van der Waals surface area contributed by atoms with Crippen LogP contribution in [0.2, 0.25) is 0 Å². The summed E-state index contributed by atoms with van der Waals surface area (Å²) < 4.78 is 6.16. The Morgan fingerprint density at radius 1 is 1.25 bits per heavy atom. The Bertz CT molecular complexity index is 601. The van der Waals surface area contributed by atoms with E-state index in [0.717, 1.165) is 44.6 Å². The molecule has 4 heterocycles. The number of hydrogen-bond acceptors (Lipinski definition) is 3. The summed E-state index contributed by atoms with van der Waals surface area (Å²) in [6, 6.07) is 6.38. The molecule has 2 fully saturated rings. The Hall–Kier alpha value is -1.39. The van der Waals surface area contributed by atoms with Crippen molar-refractivity contribution in [2.75, 3.05) is 19.7 Å². The van der Waals surface area contributed by atoms with Crippen LogP contribution in [0.15, 0.2) is 24.4 Å². The van der Waals surface area contributed by atoms with Crippen molar-refractivity contribution in [1.82, 2.24) is 15.3 Å². The number of rotatable bonds is 2. The SMILES string of the molecule is c1cc2ccc(CC3COC4(CCNCC4)C3)nc2[nH]1. The first-order valence-corrected chi connectivity index (χ1v) is 7.61. The smallest absolute Gasteiger partial charge is 0.137 e. The Morgan fingerprint density at radius 2 is 2.15 bits per heavy atom. The third-order valence-electron chi connectivity index (χ3n) is 4.77. The number of pyridine rings is 1. The number of H-pyrrole nitrogens is 1. The van der Waals surface area contributed by atoms with Gasteiger partial charge in [-0.25, -0.2) is 4.98 Å². The summed E-state index contributed by atoms with van der Waals surface area (Å²) >= 11 is 0. The Labute approximate surface area is 118 Å². The van der Waals surface area contributed by atoms with E-state index in [-0.39, 0.29) is 5.60 Å². The number of aromatic amines is 1. The lowest BCUT2D eigenvalue weighted by Gasteiger charge is -2.33. The summed E-state index contributed by atoms with van der Waals surface area (Å²) in [4.78, 5) is 7.90. The van der Waals surface area contributed by atoms with Gasteiger partial charge in [-0.1, -0.05) is 0 Å². The molecule has 2 aliphatic heterocycles. The zero-order valence-corrected chi connectivity index (χ0v) is 11.7. The van der Waals surface area contributed by atoms with Crippen molar-refractivity contribution in [3.8, 4) is 0 Å². The fourth-order valence-corrected chi connectivity index (χ4v) is 3.68. The van der Waals surface area contributed by atoms with E-state index in [0.29, 0.717) is 5.92 Å². The van der Waals surface area contributed by atoms with Crippen LogP contribution in [0.3, 0.4) is 0 Å². The van der Waals surface area contributed by atoms with Crippen LogP contribution < -0.4 is 5.32 Å².